The minimum atomic E-state index is -0.268. The van der Waals surface area contributed by atoms with Crippen LogP contribution < -0.4 is 5.32 Å². The predicted molar refractivity (Wildman–Crippen MR) is 94.8 cm³/mol. The van der Waals surface area contributed by atoms with Crippen LogP contribution in [0.1, 0.15) is 28.4 Å². The molecule has 0 aromatic heterocycles. The number of morpholine rings is 1. The normalized spacial score (nSPS) is 16.8. The lowest BCUT2D eigenvalue weighted by Crippen LogP contribution is -2.47. The fraction of sp³-hybridized carbons (Fsp3) is 0.300. The number of nitriles is 1. The van der Waals surface area contributed by atoms with Gasteiger partial charge >= 0.3 is 6.03 Å². The second-order valence-corrected chi connectivity index (χ2v) is 6.28. The van der Waals surface area contributed by atoms with E-state index >= 15 is 0 Å². The maximum absolute atomic E-state index is 13.5. The molecule has 0 saturated carbocycles. The Morgan fingerprint density at radius 1 is 1.38 bits per heavy atom. The summed E-state index contributed by atoms with van der Waals surface area (Å²) in [6.07, 6.45) is -0.268. The Morgan fingerprint density at radius 3 is 3.00 bits per heavy atom. The molecule has 1 saturated heterocycles. The summed E-state index contributed by atoms with van der Waals surface area (Å²) in [4.78, 5) is 14.2. The molecule has 0 spiro atoms. The first-order valence-corrected chi connectivity index (χ1v) is 8.46. The Balaban J connectivity index is 1.60. The molecule has 5 nitrogen and oxygen atoms in total. The van der Waals surface area contributed by atoms with E-state index in [4.69, 9.17) is 10.00 Å². The Hall–Kier alpha value is -2.91. The zero-order valence-electron chi connectivity index (χ0n) is 14.5. The van der Waals surface area contributed by atoms with E-state index in [1.165, 1.54) is 6.07 Å². The van der Waals surface area contributed by atoms with E-state index in [0.29, 0.717) is 37.4 Å². The third kappa shape index (κ3) is 4.19. The van der Waals surface area contributed by atoms with Crippen molar-refractivity contribution < 1.29 is 13.9 Å². The van der Waals surface area contributed by atoms with E-state index in [-0.39, 0.29) is 18.0 Å². The molecule has 26 heavy (non-hydrogen) atoms. The molecule has 0 radical (unpaired) electrons. The van der Waals surface area contributed by atoms with Crippen LogP contribution in [0.3, 0.4) is 0 Å². The SMILES string of the molecule is Cc1cc([C@H]2CN(C(=O)NCc3cccc(C#N)c3)CCO2)ccc1F. The Labute approximate surface area is 152 Å². The number of nitrogens with one attached hydrogen (secondary N) is 1. The van der Waals surface area contributed by atoms with Gasteiger partial charge in [-0.1, -0.05) is 24.3 Å². The Bertz CT molecular complexity index is 847. The number of rotatable bonds is 3. The minimum Gasteiger partial charge on any atom is -0.370 e. The maximum atomic E-state index is 13.5. The van der Waals surface area contributed by atoms with Gasteiger partial charge in [0.15, 0.2) is 0 Å². The molecule has 1 N–H and O–H groups in total. The van der Waals surface area contributed by atoms with Crippen molar-refractivity contribution in [2.24, 2.45) is 0 Å². The first-order chi connectivity index (χ1) is 12.6. The van der Waals surface area contributed by atoms with Crippen molar-refractivity contribution in [2.45, 2.75) is 19.6 Å². The van der Waals surface area contributed by atoms with Crippen molar-refractivity contribution in [1.29, 1.82) is 5.26 Å². The number of nitrogens with zero attached hydrogens (tertiary/aromatic N) is 2. The molecule has 1 aliphatic heterocycles. The van der Waals surface area contributed by atoms with Gasteiger partial charge in [-0.05, 0) is 41.8 Å². The number of hydrogen-bond acceptors (Lipinski definition) is 3. The van der Waals surface area contributed by atoms with Gasteiger partial charge in [0.2, 0.25) is 0 Å². The zero-order valence-corrected chi connectivity index (χ0v) is 14.5. The van der Waals surface area contributed by atoms with Gasteiger partial charge in [-0.3, -0.25) is 0 Å². The standard InChI is InChI=1S/C20H20FN3O2/c1-14-9-17(5-6-18(14)21)19-13-24(7-8-26-19)20(25)23-12-16-4-2-3-15(10-16)11-22/h2-6,9-10,19H,7-8,12-13H2,1H3,(H,23,25)/t19-/m1/s1. The quantitative estimate of drug-likeness (QED) is 0.921. The van der Waals surface area contributed by atoms with Gasteiger partial charge in [0, 0.05) is 13.1 Å². The number of carbonyl (C=O) groups excluding carboxylic acids is 1. The molecule has 0 unspecified atom stereocenters. The summed E-state index contributed by atoms with van der Waals surface area (Å²) in [5, 5.41) is 11.8. The van der Waals surface area contributed by atoms with E-state index in [2.05, 4.69) is 11.4 Å². The van der Waals surface area contributed by atoms with Crippen LogP contribution in [0.5, 0.6) is 0 Å². The molecule has 1 heterocycles. The molecule has 3 rings (SSSR count). The highest BCUT2D eigenvalue weighted by atomic mass is 19.1. The molecule has 6 heteroatoms. The molecular weight excluding hydrogens is 333 g/mol. The number of aryl methyl sites for hydroxylation is 1. The molecule has 1 atom stereocenters. The smallest absolute Gasteiger partial charge is 0.317 e. The predicted octanol–water partition coefficient (Wildman–Crippen LogP) is 3.29. The molecule has 1 aliphatic rings. The molecule has 2 aromatic rings. The number of urea groups is 1. The lowest BCUT2D eigenvalue weighted by atomic mass is 10.0. The molecule has 0 bridgehead atoms. The molecule has 0 aliphatic carbocycles. The number of halogens is 1. The number of ether oxygens (including phenoxy) is 1. The lowest BCUT2D eigenvalue weighted by Gasteiger charge is -2.33. The van der Waals surface area contributed by atoms with Crippen molar-refractivity contribution >= 4 is 6.03 Å². The van der Waals surface area contributed by atoms with Crippen LogP contribution >= 0.6 is 0 Å². The summed E-state index contributed by atoms with van der Waals surface area (Å²) in [6, 6.07) is 13.9. The Morgan fingerprint density at radius 2 is 2.23 bits per heavy atom. The monoisotopic (exact) mass is 353 g/mol. The average molecular weight is 353 g/mol. The van der Waals surface area contributed by atoms with Crippen LogP contribution in [-0.2, 0) is 11.3 Å². The molecule has 2 amide bonds. The minimum absolute atomic E-state index is 0.181. The lowest BCUT2D eigenvalue weighted by molar-refractivity contribution is -0.0155. The van der Waals surface area contributed by atoms with E-state index in [1.807, 2.05) is 6.07 Å². The highest BCUT2D eigenvalue weighted by Gasteiger charge is 2.25. The number of carbonyl (C=O) groups is 1. The molecule has 1 fully saturated rings. The third-order valence-electron chi connectivity index (χ3n) is 4.41. The second kappa shape index (κ2) is 7.98. The summed E-state index contributed by atoms with van der Waals surface area (Å²) in [6.45, 7) is 3.40. The van der Waals surface area contributed by atoms with Crippen LogP contribution in [0.15, 0.2) is 42.5 Å². The highest BCUT2D eigenvalue weighted by Crippen LogP contribution is 2.24. The van der Waals surface area contributed by atoms with E-state index in [1.54, 1.807) is 42.2 Å². The largest absolute Gasteiger partial charge is 0.370 e. The first-order valence-electron chi connectivity index (χ1n) is 8.46. The Kier molecular flexibility index (Phi) is 5.49. The number of benzene rings is 2. The van der Waals surface area contributed by atoms with Gasteiger partial charge in [-0.2, -0.15) is 5.26 Å². The van der Waals surface area contributed by atoms with E-state index in [9.17, 15) is 9.18 Å². The van der Waals surface area contributed by atoms with Crippen molar-refractivity contribution in [3.63, 3.8) is 0 Å². The average Bonchev–Trinajstić information content (AvgIpc) is 2.68. The van der Waals surface area contributed by atoms with Crippen molar-refractivity contribution in [1.82, 2.24) is 10.2 Å². The summed E-state index contributed by atoms with van der Waals surface area (Å²) >= 11 is 0. The molecular formula is C20H20FN3O2. The van der Waals surface area contributed by atoms with Gasteiger partial charge in [0.25, 0.3) is 0 Å². The van der Waals surface area contributed by atoms with E-state index in [0.717, 1.165) is 11.1 Å². The van der Waals surface area contributed by atoms with Gasteiger partial charge in [-0.25, -0.2) is 9.18 Å². The van der Waals surface area contributed by atoms with Crippen LogP contribution in [0, 0.1) is 24.1 Å². The van der Waals surface area contributed by atoms with Crippen molar-refractivity contribution in [3.8, 4) is 6.07 Å². The summed E-state index contributed by atoms with van der Waals surface area (Å²) in [5.74, 6) is -0.251. The van der Waals surface area contributed by atoms with Crippen LogP contribution in [0.25, 0.3) is 0 Å². The molecule has 134 valence electrons. The van der Waals surface area contributed by atoms with Gasteiger partial charge < -0.3 is 15.0 Å². The van der Waals surface area contributed by atoms with Crippen LogP contribution in [0.2, 0.25) is 0 Å². The fourth-order valence-corrected chi connectivity index (χ4v) is 2.94. The van der Waals surface area contributed by atoms with Crippen molar-refractivity contribution in [3.05, 3.63) is 70.5 Å². The topological polar surface area (TPSA) is 65.4 Å². The zero-order chi connectivity index (χ0) is 18.5. The summed E-state index contributed by atoms with van der Waals surface area (Å²) < 4.78 is 19.2. The fourth-order valence-electron chi connectivity index (χ4n) is 2.94. The number of amides is 2. The maximum Gasteiger partial charge on any atom is 0.317 e. The van der Waals surface area contributed by atoms with Gasteiger partial charge in [-0.15, -0.1) is 0 Å². The number of hydrogen-bond donors (Lipinski definition) is 1. The van der Waals surface area contributed by atoms with Crippen LogP contribution in [-0.4, -0.2) is 30.6 Å². The van der Waals surface area contributed by atoms with Gasteiger partial charge in [0.1, 0.15) is 11.9 Å². The second-order valence-electron chi connectivity index (χ2n) is 6.28. The summed E-state index contributed by atoms with van der Waals surface area (Å²) in [7, 11) is 0. The molecule has 2 aromatic carbocycles. The van der Waals surface area contributed by atoms with Crippen LogP contribution in [0.4, 0.5) is 9.18 Å². The third-order valence-corrected chi connectivity index (χ3v) is 4.41. The highest BCUT2D eigenvalue weighted by molar-refractivity contribution is 5.74. The van der Waals surface area contributed by atoms with Crippen molar-refractivity contribution in [2.75, 3.05) is 19.7 Å². The summed E-state index contributed by atoms with van der Waals surface area (Å²) in [5.41, 5.74) is 2.86. The van der Waals surface area contributed by atoms with Gasteiger partial charge in [0.05, 0.1) is 24.8 Å². The van der Waals surface area contributed by atoms with E-state index < -0.39 is 0 Å². The first kappa shape index (κ1) is 17.9.